The standard InChI is InChI=1S/C27H49NO7/c1-5-6-7-8-9-10-11-12-13-14-15-16-17-18-19-25(30)34-22-24(29)23-35-27(26(31)32)33-21-20-28(2,3)4/h8-9,11-12,24,27,29H,5-7,10,13-23H2,1-4H3/b9-8-,12-11-. The van der Waals surface area contributed by atoms with Crippen LogP contribution in [0.1, 0.15) is 77.6 Å². The molecule has 2 unspecified atom stereocenters. The maximum absolute atomic E-state index is 11.8. The summed E-state index contributed by atoms with van der Waals surface area (Å²) in [5.41, 5.74) is 0. The minimum Gasteiger partial charge on any atom is -0.545 e. The molecular weight excluding hydrogens is 450 g/mol. The van der Waals surface area contributed by atoms with Crippen molar-refractivity contribution in [2.24, 2.45) is 0 Å². The first-order valence-electron chi connectivity index (χ1n) is 13.0. The van der Waals surface area contributed by atoms with Crippen LogP contribution >= 0.6 is 0 Å². The van der Waals surface area contributed by atoms with Crippen molar-refractivity contribution in [3.63, 3.8) is 0 Å². The van der Waals surface area contributed by atoms with Crippen molar-refractivity contribution in [3.05, 3.63) is 24.3 Å². The van der Waals surface area contributed by atoms with Crippen molar-refractivity contribution in [1.82, 2.24) is 0 Å². The summed E-state index contributed by atoms with van der Waals surface area (Å²) in [7, 11) is 5.85. The molecule has 0 bridgehead atoms. The normalized spacial score (nSPS) is 14.0. The van der Waals surface area contributed by atoms with Crippen LogP contribution in [0.2, 0.25) is 0 Å². The number of carbonyl (C=O) groups is 2. The molecule has 0 saturated heterocycles. The van der Waals surface area contributed by atoms with Gasteiger partial charge in [0.05, 0.1) is 40.3 Å². The first-order chi connectivity index (χ1) is 16.7. The van der Waals surface area contributed by atoms with Crippen LogP contribution in [0.15, 0.2) is 24.3 Å². The molecular formula is C27H49NO7. The first kappa shape index (κ1) is 33.3. The minimum absolute atomic E-state index is 0.167. The number of allylic oxidation sites excluding steroid dienone is 4. The number of hydrogen-bond acceptors (Lipinski definition) is 7. The quantitative estimate of drug-likeness (QED) is 0.0757. The van der Waals surface area contributed by atoms with Crippen molar-refractivity contribution in [2.75, 3.05) is 47.5 Å². The highest BCUT2D eigenvalue weighted by Gasteiger charge is 2.17. The second-order valence-corrected chi connectivity index (χ2v) is 9.83. The molecule has 0 rings (SSSR count). The number of ether oxygens (including phenoxy) is 3. The Morgan fingerprint density at radius 2 is 1.51 bits per heavy atom. The number of aliphatic hydroxyl groups excluding tert-OH is 1. The Kier molecular flexibility index (Phi) is 20.5. The van der Waals surface area contributed by atoms with Gasteiger partial charge in [-0.25, -0.2) is 0 Å². The molecule has 204 valence electrons. The summed E-state index contributed by atoms with van der Waals surface area (Å²) in [6.45, 7) is 2.37. The van der Waals surface area contributed by atoms with Crippen molar-refractivity contribution in [3.8, 4) is 0 Å². The highest BCUT2D eigenvalue weighted by Crippen LogP contribution is 2.09. The van der Waals surface area contributed by atoms with Crippen LogP contribution in [0.3, 0.4) is 0 Å². The van der Waals surface area contributed by atoms with Crippen LogP contribution in [0.25, 0.3) is 0 Å². The van der Waals surface area contributed by atoms with E-state index in [-0.39, 0.29) is 25.8 Å². The van der Waals surface area contributed by atoms with Crippen molar-refractivity contribution < 1.29 is 38.5 Å². The van der Waals surface area contributed by atoms with Gasteiger partial charge in [-0.3, -0.25) is 4.79 Å². The van der Waals surface area contributed by atoms with Crippen LogP contribution in [0.5, 0.6) is 0 Å². The number of unbranched alkanes of at least 4 members (excludes halogenated alkanes) is 7. The monoisotopic (exact) mass is 499 g/mol. The second-order valence-electron chi connectivity index (χ2n) is 9.83. The van der Waals surface area contributed by atoms with Crippen LogP contribution in [-0.2, 0) is 23.8 Å². The van der Waals surface area contributed by atoms with Gasteiger partial charge in [-0.15, -0.1) is 0 Å². The molecule has 8 nitrogen and oxygen atoms in total. The van der Waals surface area contributed by atoms with Crippen LogP contribution in [0.4, 0.5) is 0 Å². The van der Waals surface area contributed by atoms with Gasteiger partial charge >= 0.3 is 5.97 Å². The number of carbonyl (C=O) groups excluding carboxylic acids is 2. The highest BCUT2D eigenvalue weighted by molar-refractivity contribution is 5.69. The molecule has 0 spiro atoms. The Morgan fingerprint density at radius 3 is 2.14 bits per heavy atom. The number of likely N-dealkylation sites (N-methyl/N-ethyl adjacent to an activating group) is 1. The summed E-state index contributed by atoms with van der Waals surface area (Å²) >= 11 is 0. The van der Waals surface area contributed by atoms with Crippen molar-refractivity contribution in [1.29, 1.82) is 0 Å². The van der Waals surface area contributed by atoms with E-state index in [1.54, 1.807) is 0 Å². The molecule has 0 heterocycles. The molecule has 1 N–H and O–H groups in total. The predicted octanol–water partition coefficient (Wildman–Crippen LogP) is 3.13. The summed E-state index contributed by atoms with van der Waals surface area (Å²) in [5, 5.41) is 21.0. The summed E-state index contributed by atoms with van der Waals surface area (Å²) < 4.78 is 15.9. The number of quaternary nitrogens is 1. The molecule has 0 aromatic carbocycles. The molecule has 0 aromatic rings. The van der Waals surface area contributed by atoms with E-state index in [9.17, 15) is 19.8 Å². The minimum atomic E-state index is -1.57. The maximum atomic E-state index is 11.8. The van der Waals surface area contributed by atoms with E-state index in [4.69, 9.17) is 14.2 Å². The number of rotatable bonds is 23. The van der Waals surface area contributed by atoms with Gasteiger partial charge in [0.25, 0.3) is 0 Å². The number of carboxylic acids is 1. The average molecular weight is 500 g/mol. The summed E-state index contributed by atoms with van der Waals surface area (Å²) in [4.78, 5) is 22.9. The number of aliphatic hydroxyl groups is 1. The van der Waals surface area contributed by atoms with E-state index in [0.717, 1.165) is 44.9 Å². The molecule has 0 aliphatic heterocycles. The Balaban J connectivity index is 3.73. The van der Waals surface area contributed by atoms with Crippen LogP contribution in [-0.4, -0.2) is 81.4 Å². The van der Waals surface area contributed by atoms with Crippen LogP contribution < -0.4 is 5.11 Å². The summed E-state index contributed by atoms with van der Waals surface area (Å²) in [6, 6.07) is 0. The van der Waals surface area contributed by atoms with Crippen molar-refractivity contribution >= 4 is 11.9 Å². The number of nitrogens with zero attached hydrogens (tertiary/aromatic N) is 1. The summed E-state index contributed by atoms with van der Waals surface area (Å²) in [5.74, 6) is -1.89. The first-order valence-corrected chi connectivity index (χ1v) is 13.0. The van der Waals surface area contributed by atoms with Gasteiger partial charge in [0.15, 0.2) is 6.29 Å². The third-order valence-electron chi connectivity index (χ3n) is 5.18. The zero-order chi connectivity index (χ0) is 26.4. The fraction of sp³-hybridized carbons (Fsp3) is 0.778. The van der Waals surface area contributed by atoms with Gasteiger partial charge in [-0.1, -0.05) is 63.3 Å². The fourth-order valence-electron chi connectivity index (χ4n) is 3.02. The molecule has 0 fully saturated rings. The molecule has 35 heavy (non-hydrogen) atoms. The van der Waals surface area contributed by atoms with E-state index in [1.165, 1.54) is 19.3 Å². The Labute approximate surface area is 212 Å². The lowest BCUT2D eigenvalue weighted by Gasteiger charge is -2.26. The number of hydrogen-bond donors (Lipinski definition) is 1. The smallest absolute Gasteiger partial charge is 0.305 e. The lowest BCUT2D eigenvalue weighted by molar-refractivity contribution is -0.870. The zero-order valence-corrected chi connectivity index (χ0v) is 22.4. The largest absolute Gasteiger partial charge is 0.545 e. The van der Waals surface area contributed by atoms with Gasteiger partial charge in [0.2, 0.25) is 0 Å². The van der Waals surface area contributed by atoms with Gasteiger partial charge in [-0.2, -0.15) is 0 Å². The summed E-state index contributed by atoms with van der Waals surface area (Å²) in [6.07, 6.45) is 17.4. The Hall–Kier alpha value is -1.74. The van der Waals surface area contributed by atoms with E-state index in [2.05, 4.69) is 31.2 Å². The lowest BCUT2D eigenvalue weighted by atomic mass is 10.1. The Morgan fingerprint density at radius 1 is 0.886 bits per heavy atom. The lowest BCUT2D eigenvalue weighted by Crippen LogP contribution is -2.44. The van der Waals surface area contributed by atoms with Crippen LogP contribution in [0, 0.1) is 0 Å². The van der Waals surface area contributed by atoms with Gasteiger partial charge < -0.3 is 33.7 Å². The van der Waals surface area contributed by atoms with E-state index < -0.39 is 18.4 Å². The van der Waals surface area contributed by atoms with Gasteiger partial charge in [-0.05, 0) is 32.1 Å². The van der Waals surface area contributed by atoms with E-state index in [0.29, 0.717) is 17.4 Å². The zero-order valence-electron chi connectivity index (χ0n) is 22.4. The fourth-order valence-corrected chi connectivity index (χ4v) is 3.02. The SMILES string of the molecule is CCCC/C=C\C/C=C\CCCCCCCC(=O)OCC(O)COC(OCC[N+](C)(C)C)C(=O)[O-]. The molecule has 2 atom stereocenters. The maximum Gasteiger partial charge on any atom is 0.305 e. The van der Waals surface area contributed by atoms with E-state index in [1.807, 2.05) is 21.1 Å². The molecule has 0 aliphatic carbocycles. The third-order valence-corrected chi connectivity index (χ3v) is 5.18. The topological polar surface area (TPSA) is 105 Å². The van der Waals surface area contributed by atoms with E-state index >= 15 is 0 Å². The molecule has 0 aliphatic rings. The van der Waals surface area contributed by atoms with Gasteiger partial charge in [0.1, 0.15) is 19.3 Å². The molecule has 8 heteroatoms. The molecule has 0 radical (unpaired) electrons. The van der Waals surface area contributed by atoms with Crippen molar-refractivity contribution in [2.45, 2.75) is 89.9 Å². The number of aliphatic carboxylic acids is 1. The number of esters is 1. The molecule has 0 saturated carbocycles. The van der Waals surface area contributed by atoms with Gasteiger partial charge in [0, 0.05) is 6.42 Å². The molecule has 0 aromatic heterocycles. The number of carboxylic acid groups (broad SMARTS) is 1. The third kappa shape index (κ3) is 23.8. The average Bonchev–Trinajstić information content (AvgIpc) is 2.79. The Bertz CT molecular complexity index is 599. The molecule has 0 amide bonds. The highest BCUT2D eigenvalue weighted by atomic mass is 16.7. The predicted molar refractivity (Wildman–Crippen MR) is 135 cm³/mol. The second kappa shape index (κ2) is 21.5.